The van der Waals surface area contributed by atoms with Crippen LogP contribution in [-0.4, -0.2) is 21.0 Å². The highest BCUT2D eigenvalue weighted by molar-refractivity contribution is 5.84. The summed E-state index contributed by atoms with van der Waals surface area (Å²) >= 11 is 0. The van der Waals surface area contributed by atoms with Crippen LogP contribution in [0, 0.1) is 6.92 Å². The molecule has 4 nitrogen and oxygen atoms in total. The van der Waals surface area contributed by atoms with Crippen molar-refractivity contribution < 1.29 is 9.90 Å². The van der Waals surface area contributed by atoms with Crippen LogP contribution < -0.4 is 0 Å². The Labute approximate surface area is 86.6 Å². The minimum Gasteiger partial charge on any atom is -0.475 e. The minimum atomic E-state index is -1.04. The number of carbonyl (C=O) groups is 1. The normalized spacial score (nSPS) is 10.2. The minimum absolute atomic E-state index is 0.0219. The van der Waals surface area contributed by atoms with Gasteiger partial charge in [-0.15, -0.1) is 0 Å². The van der Waals surface area contributed by atoms with Gasteiger partial charge in [0.1, 0.15) is 0 Å². The van der Waals surface area contributed by atoms with Crippen molar-refractivity contribution in [3.05, 3.63) is 41.9 Å². The lowest BCUT2D eigenvalue weighted by atomic mass is 10.1. The first-order valence-corrected chi connectivity index (χ1v) is 4.54. The molecule has 4 heteroatoms. The molecule has 0 amide bonds. The Bertz CT molecular complexity index is 489. The van der Waals surface area contributed by atoms with E-state index in [1.54, 1.807) is 6.92 Å². The molecule has 0 unspecified atom stereocenters. The Hall–Kier alpha value is -2.10. The fourth-order valence-electron chi connectivity index (χ4n) is 1.45. The molecule has 2 aromatic rings. The van der Waals surface area contributed by atoms with E-state index >= 15 is 0 Å². The quantitative estimate of drug-likeness (QED) is 0.783. The number of aromatic carboxylic acids is 1. The van der Waals surface area contributed by atoms with Crippen LogP contribution in [0.1, 0.15) is 16.3 Å². The molecule has 0 radical (unpaired) electrons. The second-order valence-corrected chi connectivity index (χ2v) is 3.22. The van der Waals surface area contributed by atoms with Crippen molar-refractivity contribution in [2.75, 3.05) is 0 Å². The zero-order valence-corrected chi connectivity index (χ0v) is 8.19. The molecule has 0 spiro atoms. The van der Waals surface area contributed by atoms with Gasteiger partial charge in [-0.25, -0.2) is 9.78 Å². The highest BCUT2D eigenvalue weighted by Crippen LogP contribution is 2.20. The van der Waals surface area contributed by atoms with Crippen LogP contribution >= 0.6 is 0 Å². The van der Waals surface area contributed by atoms with Crippen LogP contribution in [0.2, 0.25) is 0 Å². The molecule has 0 saturated heterocycles. The lowest BCUT2D eigenvalue weighted by Gasteiger charge is -1.97. The van der Waals surface area contributed by atoms with Crippen LogP contribution in [0.4, 0.5) is 0 Å². The molecule has 1 aromatic heterocycles. The molecule has 0 aliphatic rings. The van der Waals surface area contributed by atoms with Crippen molar-refractivity contribution in [1.82, 2.24) is 9.97 Å². The van der Waals surface area contributed by atoms with Crippen LogP contribution in [0.15, 0.2) is 30.3 Å². The summed E-state index contributed by atoms with van der Waals surface area (Å²) in [6.45, 7) is 1.78. The SMILES string of the molecule is Cc1nc(C(=O)O)[nH]c1-c1ccccc1. The van der Waals surface area contributed by atoms with Crippen LogP contribution in [0.3, 0.4) is 0 Å². The Balaban J connectivity index is 2.50. The van der Waals surface area contributed by atoms with Crippen LogP contribution in [0.5, 0.6) is 0 Å². The molecule has 76 valence electrons. The number of nitrogens with zero attached hydrogens (tertiary/aromatic N) is 1. The number of aryl methyl sites for hydroxylation is 1. The van der Waals surface area contributed by atoms with E-state index in [1.807, 2.05) is 30.3 Å². The molecule has 0 bridgehead atoms. The molecule has 0 saturated carbocycles. The van der Waals surface area contributed by atoms with Crippen LogP contribution in [-0.2, 0) is 0 Å². The number of hydrogen-bond acceptors (Lipinski definition) is 2. The zero-order valence-electron chi connectivity index (χ0n) is 8.19. The van der Waals surface area contributed by atoms with Crippen molar-refractivity contribution in [1.29, 1.82) is 0 Å². The first kappa shape index (κ1) is 9.45. The lowest BCUT2D eigenvalue weighted by Crippen LogP contribution is -1.98. The Morgan fingerprint density at radius 2 is 2.00 bits per heavy atom. The predicted octanol–water partition coefficient (Wildman–Crippen LogP) is 2.08. The summed E-state index contributed by atoms with van der Waals surface area (Å²) in [5, 5.41) is 8.78. The van der Waals surface area contributed by atoms with E-state index in [-0.39, 0.29) is 5.82 Å². The highest BCUT2D eigenvalue weighted by atomic mass is 16.4. The summed E-state index contributed by atoms with van der Waals surface area (Å²) in [7, 11) is 0. The maximum atomic E-state index is 10.7. The molecule has 0 aliphatic heterocycles. The van der Waals surface area contributed by atoms with E-state index in [9.17, 15) is 4.79 Å². The molecule has 1 aromatic carbocycles. The summed E-state index contributed by atoms with van der Waals surface area (Å²) in [6.07, 6.45) is 0. The topological polar surface area (TPSA) is 66.0 Å². The monoisotopic (exact) mass is 202 g/mol. The van der Waals surface area contributed by atoms with Gasteiger partial charge in [-0.3, -0.25) is 0 Å². The summed E-state index contributed by atoms with van der Waals surface area (Å²) < 4.78 is 0. The van der Waals surface area contributed by atoms with Crippen molar-refractivity contribution in [3.63, 3.8) is 0 Å². The zero-order chi connectivity index (χ0) is 10.8. The van der Waals surface area contributed by atoms with Gasteiger partial charge >= 0.3 is 5.97 Å². The molecular weight excluding hydrogens is 192 g/mol. The standard InChI is InChI=1S/C11H10N2O2/c1-7-9(8-5-3-2-4-6-8)13-10(12-7)11(14)15/h2-6H,1H3,(H,12,13)(H,14,15). The summed E-state index contributed by atoms with van der Waals surface area (Å²) in [4.78, 5) is 17.4. The van der Waals surface area contributed by atoms with E-state index in [2.05, 4.69) is 9.97 Å². The lowest BCUT2D eigenvalue weighted by molar-refractivity contribution is 0.0684. The molecule has 0 atom stereocenters. The summed E-state index contributed by atoms with van der Waals surface area (Å²) in [6, 6.07) is 9.53. The third-order valence-corrected chi connectivity index (χ3v) is 2.15. The van der Waals surface area contributed by atoms with Gasteiger partial charge < -0.3 is 10.1 Å². The van der Waals surface area contributed by atoms with E-state index < -0.39 is 5.97 Å². The molecular formula is C11H10N2O2. The number of hydrogen-bond donors (Lipinski definition) is 2. The first-order valence-electron chi connectivity index (χ1n) is 4.54. The van der Waals surface area contributed by atoms with Gasteiger partial charge in [0, 0.05) is 0 Å². The van der Waals surface area contributed by atoms with E-state index in [0.717, 1.165) is 11.3 Å². The van der Waals surface area contributed by atoms with Gasteiger partial charge in [0.05, 0.1) is 11.4 Å². The van der Waals surface area contributed by atoms with Gasteiger partial charge in [-0.1, -0.05) is 30.3 Å². The molecule has 1 heterocycles. The first-order chi connectivity index (χ1) is 7.18. The fourth-order valence-corrected chi connectivity index (χ4v) is 1.45. The number of rotatable bonds is 2. The highest BCUT2D eigenvalue weighted by Gasteiger charge is 2.12. The largest absolute Gasteiger partial charge is 0.475 e. The maximum Gasteiger partial charge on any atom is 0.371 e. The second-order valence-electron chi connectivity index (χ2n) is 3.22. The average Bonchev–Trinajstić information content (AvgIpc) is 2.62. The number of nitrogens with one attached hydrogen (secondary N) is 1. The molecule has 0 aliphatic carbocycles. The third kappa shape index (κ3) is 1.74. The Kier molecular flexibility index (Phi) is 2.25. The van der Waals surface area contributed by atoms with Crippen molar-refractivity contribution >= 4 is 5.97 Å². The maximum absolute atomic E-state index is 10.7. The van der Waals surface area contributed by atoms with Gasteiger partial charge in [-0.05, 0) is 12.5 Å². The number of benzene rings is 1. The van der Waals surface area contributed by atoms with Crippen molar-refractivity contribution in [2.24, 2.45) is 0 Å². The van der Waals surface area contributed by atoms with Gasteiger partial charge in [0.25, 0.3) is 0 Å². The van der Waals surface area contributed by atoms with E-state index in [4.69, 9.17) is 5.11 Å². The van der Waals surface area contributed by atoms with Gasteiger partial charge in [0.2, 0.25) is 5.82 Å². The summed E-state index contributed by atoms with van der Waals surface area (Å²) in [5.74, 6) is -1.06. The molecule has 15 heavy (non-hydrogen) atoms. The van der Waals surface area contributed by atoms with Crippen LogP contribution in [0.25, 0.3) is 11.3 Å². The van der Waals surface area contributed by atoms with E-state index in [0.29, 0.717) is 5.69 Å². The number of carboxylic acids is 1. The molecule has 0 fully saturated rings. The number of aromatic amines is 1. The summed E-state index contributed by atoms with van der Waals surface area (Å²) in [5.41, 5.74) is 2.39. The molecule has 2 rings (SSSR count). The van der Waals surface area contributed by atoms with Crippen molar-refractivity contribution in [3.8, 4) is 11.3 Å². The average molecular weight is 202 g/mol. The van der Waals surface area contributed by atoms with Crippen molar-refractivity contribution in [2.45, 2.75) is 6.92 Å². The molecule has 2 N–H and O–H groups in total. The smallest absolute Gasteiger partial charge is 0.371 e. The van der Waals surface area contributed by atoms with Gasteiger partial charge in [-0.2, -0.15) is 0 Å². The third-order valence-electron chi connectivity index (χ3n) is 2.15. The number of H-pyrrole nitrogens is 1. The number of carboxylic acid groups (broad SMARTS) is 1. The van der Waals surface area contributed by atoms with Gasteiger partial charge in [0.15, 0.2) is 0 Å². The Morgan fingerprint density at radius 3 is 2.53 bits per heavy atom. The Morgan fingerprint density at radius 1 is 1.33 bits per heavy atom. The fraction of sp³-hybridized carbons (Fsp3) is 0.0909. The number of imidazole rings is 1. The second kappa shape index (κ2) is 3.57. The van der Waals surface area contributed by atoms with E-state index in [1.165, 1.54) is 0 Å². The number of aromatic nitrogens is 2. The predicted molar refractivity (Wildman–Crippen MR) is 55.7 cm³/mol.